The molecule has 1 fully saturated rings. The molecule has 0 spiro atoms. The molecular weight excluding hydrogens is 382 g/mol. The van der Waals surface area contributed by atoms with Crippen LogP contribution in [0.5, 0.6) is 5.75 Å². The molecule has 2 aromatic rings. The number of methoxy groups -OCH3 is 1. The van der Waals surface area contributed by atoms with Gasteiger partial charge in [0.25, 0.3) is 11.7 Å². The van der Waals surface area contributed by atoms with Crippen molar-refractivity contribution in [3.8, 4) is 5.75 Å². The Kier molecular flexibility index (Phi) is 5.59. The largest absolute Gasteiger partial charge is 0.507 e. The van der Waals surface area contributed by atoms with Crippen molar-refractivity contribution in [2.24, 2.45) is 0 Å². The van der Waals surface area contributed by atoms with Crippen LogP contribution < -0.4 is 4.74 Å². The Bertz CT molecular complexity index is 998. The molecule has 30 heavy (non-hydrogen) atoms. The van der Waals surface area contributed by atoms with Gasteiger partial charge in [-0.15, -0.1) is 0 Å². The molecule has 4 rings (SSSR count). The van der Waals surface area contributed by atoms with Gasteiger partial charge < -0.3 is 19.5 Å². The van der Waals surface area contributed by atoms with Crippen LogP contribution in [0.25, 0.3) is 5.76 Å². The highest BCUT2D eigenvalue weighted by Crippen LogP contribution is 2.40. The summed E-state index contributed by atoms with van der Waals surface area (Å²) in [6.07, 6.45) is 1.42. The lowest BCUT2D eigenvalue weighted by molar-refractivity contribution is -0.140. The number of rotatable bonds is 6. The van der Waals surface area contributed by atoms with E-state index >= 15 is 0 Å². The zero-order valence-corrected chi connectivity index (χ0v) is 17.1. The van der Waals surface area contributed by atoms with Crippen LogP contribution in [0, 0.1) is 0 Å². The molecule has 0 saturated carbocycles. The van der Waals surface area contributed by atoms with Crippen LogP contribution in [0.2, 0.25) is 0 Å². The average molecular weight is 407 g/mol. The van der Waals surface area contributed by atoms with E-state index in [9.17, 15) is 14.7 Å². The topological polar surface area (TPSA) is 76.1 Å². The van der Waals surface area contributed by atoms with Crippen LogP contribution in [0.4, 0.5) is 0 Å². The summed E-state index contributed by atoms with van der Waals surface area (Å²) in [5.41, 5.74) is 2.41. The minimum atomic E-state index is -0.663. The highest BCUT2D eigenvalue weighted by atomic mass is 16.5. The number of ether oxygens (including phenoxy) is 2. The summed E-state index contributed by atoms with van der Waals surface area (Å²) in [4.78, 5) is 27.3. The first-order valence-electron chi connectivity index (χ1n) is 10.1. The smallest absolute Gasteiger partial charge is 0.295 e. The molecular formula is C24H25NO5. The summed E-state index contributed by atoms with van der Waals surface area (Å²) in [6, 6.07) is 14.1. The van der Waals surface area contributed by atoms with Crippen LogP contribution in [0.3, 0.4) is 0 Å². The second kappa shape index (κ2) is 8.32. The third kappa shape index (κ3) is 3.59. The van der Waals surface area contributed by atoms with Crippen molar-refractivity contribution in [2.45, 2.75) is 31.9 Å². The Balaban J connectivity index is 1.78. The highest BCUT2D eigenvalue weighted by molar-refractivity contribution is 6.46. The first-order chi connectivity index (χ1) is 14.5. The normalized spacial score (nSPS) is 22.3. The number of Topliss-reactive ketones (excluding diaryl/α,β-unsaturated/α-hetero) is 1. The summed E-state index contributed by atoms with van der Waals surface area (Å²) >= 11 is 0. The Labute approximate surface area is 175 Å². The zero-order chi connectivity index (χ0) is 21.3. The molecule has 0 unspecified atom stereocenters. The SMILES string of the molecule is COCCCN1C(=O)C(=O)C(=C(O)c2ccc3c(c2)C[C@H](C)O3)[C@@H]1c1ccccc1. The molecule has 6 heteroatoms. The van der Waals surface area contributed by atoms with E-state index in [2.05, 4.69) is 0 Å². The molecule has 0 aromatic heterocycles. The molecule has 156 valence electrons. The van der Waals surface area contributed by atoms with Gasteiger partial charge in [0.1, 0.15) is 17.6 Å². The molecule has 0 aliphatic carbocycles. The summed E-state index contributed by atoms with van der Waals surface area (Å²) in [5.74, 6) is -0.624. The lowest BCUT2D eigenvalue weighted by Crippen LogP contribution is -2.31. The number of nitrogens with zero attached hydrogens (tertiary/aromatic N) is 1. The maximum absolute atomic E-state index is 13.0. The van der Waals surface area contributed by atoms with Gasteiger partial charge >= 0.3 is 0 Å². The molecule has 2 heterocycles. The molecule has 2 aliphatic heterocycles. The monoisotopic (exact) mass is 407 g/mol. The van der Waals surface area contributed by atoms with Gasteiger partial charge in [-0.05, 0) is 42.7 Å². The maximum atomic E-state index is 13.0. The van der Waals surface area contributed by atoms with E-state index in [1.54, 1.807) is 19.2 Å². The fraction of sp³-hybridized carbons (Fsp3) is 0.333. The van der Waals surface area contributed by atoms with Gasteiger partial charge in [0.05, 0.1) is 11.6 Å². The second-order valence-electron chi connectivity index (χ2n) is 7.70. The molecule has 6 nitrogen and oxygen atoms in total. The Morgan fingerprint density at radius 1 is 1.20 bits per heavy atom. The quantitative estimate of drug-likeness (QED) is 0.343. The third-order valence-electron chi connectivity index (χ3n) is 5.57. The lowest BCUT2D eigenvalue weighted by Gasteiger charge is -2.25. The van der Waals surface area contributed by atoms with Crippen molar-refractivity contribution in [2.75, 3.05) is 20.3 Å². The van der Waals surface area contributed by atoms with E-state index in [1.165, 1.54) is 4.90 Å². The van der Waals surface area contributed by atoms with E-state index in [-0.39, 0.29) is 17.4 Å². The zero-order valence-electron chi connectivity index (χ0n) is 17.1. The van der Waals surface area contributed by atoms with Crippen molar-refractivity contribution >= 4 is 17.4 Å². The number of benzene rings is 2. The predicted octanol–water partition coefficient (Wildman–Crippen LogP) is 3.47. The van der Waals surface area contributed by atoms with Gasteiger partial charge in [-0.1, -0.05) is 30.3 Å². The van der Waals surface area contributed by atoms with Crippen molar-refractivity contribution in [3.05, 3.63) is 70.8 Å². The average Bonchev–Trinajstić information content (AvgIpc) is 3.25. The molecule has 2 atom stereocenters. The summed E-state index contributed by atoms with van der Waals surface area (Å²) < 4.78 is 10.8. The summed E-state index contributed by atoms with van der Waals surface area (Å²) in [6.45, 7) is 2.83. The van der Waals surface area contributed by atoms with Gasteiger partial charge in [-0.3, -0.25) is 9.59 Å². The molecule has 0 bridgehead atoms. The van der Waals surface area contributed by atoms with Gasteiger partial charge in [0.2, 0.25) is 0 Å². The number of hydrogen-bond acceptors (Lipinski definition) is 5. The minimum absolute atomic E-state index is 0.0769. The number of aliphatic hydroxyl groups excluding tert-OH is 1. The Morgan fingerprint density at radius 3 is 2.70 bits per heavy atom. The fourth-order valence-corrected chi connectivity index (χ4v) is 4.20. The first-order valence-corrected chi connectivity index (χ1v) is 10.1. The van der Waals surface area contributed by atoms with Crippen molar-refractivity contribution < 1.29 is 24.2 Å². The fourth-order valence-electron chi connectivity index (χ4n) is 4.20. The predicted molar refractivity (Wildman–Crippen MR) is 112 cm³/mol. The molecule has 0 radical (unpaired) electrons. The van der Waals surface area contributed by atoms with Crippen LogP contribution in [0.1, 0.15) is 36.1 Å². The number of likely N-dealkylation sites (tertiary alicyclic amines) is 1. The molecule has 1 amide bonds. The van der Waals surface area contributed by atoms with Crippen LogP contribution in [-0.2, 0) is 20.7 Å². The second-order valence-corrected chi connectivity index (χ2v) is 7.70. The van der Waals surface area contributed by atoms with Crippen molar-refractivity contribution in [1.29, 1.82) is 0 Å². The van der Waals surface area contributed by atoms with Gasteiger partial charge in [0, 0.05) is 32.2 Å². The third-order valence-corrected chi connectivity index (χ3v) is 5.57. The van der Waals surface area contributed by atoms with Gasteiger partial charge in [-0.2, -0.15) is 0 Å². The van der Waals surface area contributed by atoms with E-state index in [4.69, 9.17) is 9.47 Å². The van der Waals surface area contributed by atoms with Gasteiger partial charge in [0.15, 0.2) is 0 Å². The Hall–Kier alpha value is -3.12. The van der Waals surface area contributed by atoms with Crippen LogP contribution >= 0.6 is 0 Å². The van der Waals surface area contributed by atoms with Gasteiger partial charge in [-0.25, -0.2) is 0 Å². The van der Waals surface area contributed by atoms with E-state index in [0.29, 0.717) is 25.1 Å². The van der Waals surface area contributed by atoms with E-state index in [1.807, 2.05) is 43.3 Å². The first kappa shape index (κ1) is 20.2. The van der Waals surface area contributed by atoms with E-state index in [0.717, 1.165) is 23.3 Å². The number of aliphatic hydroxyl groups is 1. The number of hydrogen-bond donors (Lipinski definition) is 1. The number of carbonyl (C=O) groups is 2. The molecule has 1 saturated heterocycles. The summed E-state index contributed by atoms with van der Waals surface area (Å²) in [7, 11) is 1.60. The lowest BCUT2D eigenvalue weighted by atomic mass is 9.94. The Morgan fingerprint density at radius 2 is 1.97 bits per heavy atom. The highest BCUT2D eigenvalue weighted by Gasteiger charge is 2.45. The number of amides is 1. The van der Waals surface area contributed by atoms with Crippen LogP contribution in [0.15, 0.2) is 54.1 Å². The molecule has 2 aromatic carbocycles. The molecule has 2 aliphatic rings. The molecule has 1 N–H and O–H groups in total. The number of fused-ring (bicyclic) bond motifs is 1. The summed E-state index contributed by atoms with van der Waals surface area (Å²) in [5, 5.41) is 11.1. The van der Waals surface area contributed by atoms with Crippen molar-refractivity contribution in [1.82, 2.24) is 4.90 Å². The minimum Gasteiger partial charge on any atom is -0.507 e. The van der Waals surface area contributed by atoms with E-state index < -0.39 is 17.7 Å². The number of carbonyl (C=O) groups excluding carboxylic acids is 2. The standard InChI is InChI=1S/C24H25NO5/c1-15-13-18-14-17(9-10-19(18)30-15)22(26)20-21(16-7-4-3-5-8-16)25(11-6-12-29-2)24(28)23(20)27/h3-5,7-10,14-15,21,26H,6,11-13H2,1-2H3/t15-,21-/m0/s1. The van der Waals surface area contributed by atoms with Crippen molar-refractivity contribution in [3.63, 3.8) is 0 Å². The number of ketones is 1. The maximum Gasteiger partial charge on any atom is 0.295 e. The van der Waals surface area contributed by atoms with Crippen LogP contribution in [-0.4, -0.2) is 48.1 Å².